The SMILES string of the molecule is Cc1cc(C)c(N(C)C(=O)c2cc(Br)c3c(c2C)OC(C)(C2CCC(CNC(=O)OC(C)(C)C)CC2)O3)c(=O)[nH]1. The van der Waals surface area contributed by atoms with Gasteiger partial charge in [0.05, 0.1) is 4.47 Å². The van der Waals surface area contributed by atoms with E-state index in [9.17, 15) is 14.4 Å². The summed E-state index contributed by atoms with van der Waals surface area (Å²) in [6, 6.07) is 3.58. The van der Waals surface area contributed by atoms with Crippen LogP contribution in [0.1, 0.15) is 80.6 Å². The predicted molar refractivity (Wildman–Crippen MR) is 157 cm³/mol. The third kappa shape index (κ3) is 6.16. The first kappa shape index (κ1) is 30.0. The van der Waals surface area contributed by atoms with Gasteiger partial charge in [0.15, 0.2) is 11.5 Å². The number of rotatable bonds is 5. The molecule has 1 aliphatic heterocycles. The van der Waals surface area contributed by atoms with E-state index in [0.29, 0.717) is 45.2 Å². The quantitative estimate of drug-likeness (QED) is 0.416. The van der Waals surface area contributed by atoms with E-state index in [0.717, 1.165) is 36.9 Å². The highest BCUT2D eigenvalue weighted by molar-refractivity contribution is 9.10. The molecule has 0 spiro atoms. The normalized spacial score (nSPS) is 22.1. The summed E-state index contributed by atoms with van der Waals surface area (Å²) in [7, 11) is 1.60. The number of fused-ring (bicyclic) bond motifs is 1. The number of aromatic amines is 1. The molecule has 1 unspecified atom stereocenters. The van der Waals surface area contributed by atoms with Crippen LogP contribution in [0, 0.1) is 32.6 Å². The Labute approximate surface area is 244 Å². The van der Waals surface area contributed by atoms with Crippen molar-refractivity contribution in [2.24, 2.45) is 11.8 Å². The van der Waals surface area contributed by atoms with E-state index in [1.165, 1.54) is 4.90 Å². The number of nitrogens with zero attached hydrogens (tertiary/aromatic N) is 1. The molecule has 0 saturated heterocycles. The Morgan fingerprint density at radius 1 is 1.12 bits per heavy atom. The Morgan fingerprint density at radius 2 is 1.75 bits per heavy atom. The smallest absolute Gasteiger partial charge is 0.407 e. The van der Waals surface area contributed by atoms with Gasteiger partial charge in [-0.25, -0.2) is 4.79 Å². The fourth-order valence-electron chi connectivity index (χ4n) is 5.71. The average Bonchev–Trinajstić information content (AvgIpc) is 3.23. The van der Waals surface area contributed by atoms with Gasteiger partial charge in [-0.15, -0.1) is 0 Å². The second-order valence-corrected chi connectivity index (χ2v) is 13.0. The van der Waals surface area contributed by atoms with Crippen LogP contribution in [0.3, 0.4) is 0 Å². The predicted octanol–water partition coefficient (Wildman–Crippen LogP) is 6.16. The van der Waals surface area contributed by atoms with Gasteiger partial charge in [-0.3, -0.25) is 9.59 Å². The summed E-state index contributed by atoms with van der Waals surface area (Å²) in [5.74, 6) is 0.428. The maximum Gasteiger partial charge on any atom is 0.407 e. The highest BCUT2D eigenvalue weighted by Crippen LogP contribution is 2.52. The molecule has 2 heterocycles. The Kier molecular flexibility index (Phi) is 8.32. The van der Waals surface area contributed by atoms with Gasteiger partial charge in [0.1, 0.15) is 11.3 Å². The van der Waals surface area contributed by atoms with Crippen molar-refractivity contribution in [2.75, 3.05) is 18.5 Å². The first-order chi connectivity index (χ1) is 18.6. The molecule has 218 valence electrons. The molecule has 1 aromatic carbocycles. The fraction of sp³-hybridized carbons (Fsp3) is 0.567. The minimum Gasteiger partial charge on any atom is -0.448 e. The lowest BCUT2D eigenvalue weighted by molar-refractivity contribution is -0.123. The number of nitrogens with one attached hydrogen (secondary N) is 2. The molecular weight excluding hydrogens is 578 g/mol. The summed E-state index contributed by atoms with van der Waals surface area (Å²) in [6.07, 6.45) is 3.23. The van der Waals surface area contributed by atoms with E-state index in [4.69, 9.17) is 14.2 Å². The zero-order valence-electron chi connectivity index (χ0n) is 24.6. The molecule has 1 fully saturated rings. The number of amides is 2. The molecule has 9 nitrogen and oxygen atoms in total. The van der Waals surface area contributed by atoms with Crippen LogP contribution in [0.5, 0.6) is 11.5 Å². The molecule has 10 heteroatoms. The number of benzene rings is 1. The Bertz CT molecular complexity index is 1370. The first-order valence-corrected chi connectivity index (χ1v) is 14.6. The monoisotopic (exact) mass is 617 g/mol. The van der Waals surface area contributed by atoms with Crippen molar-refractivity contribution in [1.29, 1.82) is 0 Å². The number of hydrogen-bond acceptors (Lipinski definition) is 6. The van der Waals surface area contributed by atoms with Crippen molar-refractivity contribution < 1.29 is 23.8 Å². The highest BCUT2D eigenvalue weighted by atomic mass is 79.9. The lowest BCUT2D eigenvalue weighted by Gasteiger charge is -2.37. The second kappa shape index (κ2) is 11.1. The molecule has 2 N–H and O–H groups in total. The molecular formula is C30H40BrN3O6. The molecule has 2 amide bonds. The molecule has 4 rings (SSSR count). The van der Waals surface area contributed by atoms with Crippen LogP contribution >= 0.6 is 15.9 Å². The van der Waals surface area contributed by atoms with E-state index >= 15 is 0 Å². The number of aromatic nitrogens is 1. The molecule has 2 aromatic rings. The molecule has 0 bridgehead atoms. The number of carbonyl (C=O) groups is 2. The Morgan fingerprint density at radius 3 is 2.35 bits per heavy atom. The largest absolute Gasteiger partial charge is 0.448 e. The zero-order valence-corrected chi connectivity index (χ0v) is 26.2. The van der Waals surface area contributed by atoms with E-state index < -0.39 is 17.5 Å². The van der Waals surface area contributed by atoms with Crippen LogP contribution < -0.4 is 25.2 Å². The van der Waals surface area contributed by atoms with Gasteiger partial charge in [0.2, 0.25) is 0 Å². The Hall–Kier alpha value is -3.01. The summed E-state index contributed by atoms with van der Waals surface area (Å²) in [4.78, 5) is 42.5. The van der Waals surface area contributed by atoms with Gasteiger partial charge in [-0.05, 0) is 107 Å². The number of halogens is 1. The van der Waals surface area contributed by atoms with Crippen molar-refractivity contribution in [3.63, 3.8) is 0 Å². The molecule has 1 aromatic heterocycles. The van der Waals surface area contributed by atoms with E-state index in [1.54, 1.807) is 13.1 Å². The third-order valence-electron chi connectivity index (χ3n) is 7.77. The molecule has 40 heavy (non-hydrogen) atoms. The standard InChI is InChI=1S/C30H40BrN3O6/c1-16-13-17(2)33-26(35)23(16)34(8)27(36)21-14-22(31)25-24(18(21)3)38-30(7,39-25)20-11-9-19(10-12-20)15-32-28(37)40-29(4,5)6/h13-14,19-20H,9-12,15H2,1-8H3,(H,32,37)(H,33,35). The van der Waals surface area contributed by atoms with Crippen molar-refractivity contribution >= 4 is 33.6 Å². The maximum atomic E-state index is 13.6. The van der Waals surface area contributed by atoms with Crippen LogP contribution in [-0.2, 0) is 4.74 Å². The van der Waals surface area contributed by atoms with Gasteiger partial charge in [0, 0.05) is 43.3 Å². The third-order valence-corrected chi connectivity index (χ3v) is 8.36. The van der Waals surface area contributed by atoms with Crippen molar-refractivity contribution in [3.05, 3.63) is 49.3 Å². The van der Waals surface area contributed by atoms with Crippen LogP contribution in [0.4, 0.5) is 10.5 Å². The molecule has 1 atom stereocenters. The van der Waals surface area contributed by atoms with Crippen molar-refractivity contribution in [2.45, 2.75) is 85.5 Å². The fourth-order valence-corrected chi connectivity index (χ4v) is 6.20. The molecule has 2 aliphatic rings. The minimum absolute atomic E-state index is 0.138. The molecule has 1 saturated carbocycles. The molecule has 1 aliphatic carbocycles. The number of H-pyrrole nitrogens is 1. The van der Waals surface area contributed by atoms with Gasteiger partial charge >= 0.3 is 6.09 Å². The van der Waals surface area contributed by atoms with Gasteiger partial charge in [-0.1, -0.05) is 0 Å². The summed E-state index contributed by atoms with van der Waals surface area (Å²) in [6.45, 7) is 13.5. The Balaban J connectivity index is 1.46. The summed E-state index contributed by atoms with van der Waals surface area (Å²) < 4.78 is 18.9. The number of aryl methyl sites for hydroxylation is 2. The number of anilines is 1. The second-order valence-electron chi connectivity index (χ2n) is 12.2. The lowest BCUT2D eigenvalue weighted by atomic mass is 9.78. The number of carbonyl (C=O) groups excluding carboxylic acids is 2. The summed E-state index contributed by atoms with van der Waals surface area (Å²) in [5, 5.41) is 2.89. The number of pyridine rings is 1. The van der Waals surface area contributed by atoms with E-state index in [1.807, 2.05) is 54.5 Å². The van der Waals surface area contributed by atoms with Crippen LogP contribution in [0.25, 0.3) is 0 Å². The van der Waals surface area contributed by atoms with Gasteiger partial charge in [0.25, 0.3) is 17.3 Å². The van der Waals surface area contributed by atoms with Crippen LogP contribution in [0.15, 0.2) is 21.4 Å². The van der Waals surface area contributed by atoms with E-state index in [-0.39, 0.29) is 17.4 Å². The van der Waals surface area contributed by atoms with Gasteiger partial charge < -0.3 is 29.4 Å². The van der Waals surface area contributed by atoms with Crippen LogP contribution in [-0.4, -0.2) is 42.0 Å². The maximum absolute atomic E-state index is 13.6. The van der Waals surface area contributed by atoms with Gasteiger partial charge in [-0.2, -0.15) is 0 Å². The highest BCUT2D eigenvalue weighted by Gasteiger charge is 2.47. The topological polar surface area (TPSA) is 110 Å². The average molecular weight is 619 g/mol. The van der Waals surface area contributed by atoms with Crippen molar-refractivity contribution in [3.8, 4) is 11.5 Å². The first-order valence-electron chi connectivity index (χ1n) is 13.8. The van der Waals surface area contributed by atoms with Crippen LogP contribution in [0.2, 0.25) is 0 Å². The summed E-state index contributed by atoms with van der Waals surface area (Å²) in [5.41, 5.74) is 2.03. The lowest BCUT2D eigenvalue weighted by Crippen LogP contribution is -2.45. The van der Waals surface area contributed by atoms with Crippen molar-refractivity contribution in [1.82, 2.24) is 10.3 Å². The number of ether oxygens (including phenoxy) is 3. The molecule has 0 radical (unpaired) electrons. The zero-order chi connectivity index (χ0) is 29.6. The number of hydrogen-bond donors (Lipinski definition) is 2. The van der Waals surface area contributed by atoms with E-state index in [2.05, 4.69) is 26.2 Å². The number of alkyl carbamates (subject to hydrolysis) is 1. The minimum atomic E-state index is -0.878. The summed E-state index contributed by atoms with van der Waals surface area (Å²) >= 11 is 3.59.